The number of nitrogens with one attached hydrogen (secondary N) is 1. The van der Waals surface area contributed by atoms with Crippen molar-refractivity contribution < 1.29 is 28.2 Å². The van der Waals surface area contributed by atoms with Crippen LogP contribution in [0, 0.1) is 0 Å². The molecule has 0 aliphatic carbocycles. The Morgan fingerprint density at radius 1 is 0.930 bits per heavy atom. The summed E-state index contributed by atoms with van der Waals surface area (Å²) in [5.41, 5.74) is 5.62. The van der Waals surface area contributed by atoms with Gasteiger partial charge in [0.1, 0.15) is 6.35 Å². The average molecular weight is 630 g/mol. The average Bonchev–Trinajstić information content (AvgIpc) is 3.37. The first-order valence-electron chi connectivity index (χ1n) is 16.2. The largest absolute Gasteiger partial charge is 0.382 e. The Morgan fingerprint density at radius 2 is 1.51 bits per heavy atom. The lowest BCUT2D eigenvalue weighted by molar-refractivity contribution is 0.00122. The number of nitrogens with zero attached hydrogens (tertiary/aromatic N) is 3. The summed E-state index contributed by atoms with van der Waals surface area (Å²) < 4.78 is 35.6. The van der Waals surface area contributed by atoms with Crippen LogP contribution in [0.5, 0.6) is 0 Å². The van der Waals surface area contributed by atoms with E-state index in [0.717, 1.165) is 12.8 Å². The molecule has 4 N–H and O–H groups in total. The van der Waals surface area contributed by atoms with Gasteiger partial charge in [-0.1, -0.05) is 103 Å². The van der Waals surface area contributed by atoms with Crippen LogP contribution in [0.1, 0.15) is 110 Å². The second kappa shape index (κ2) is 22.7. The van der Waals surface area contributed by atoms with Crippen LogP contribution in [-0.2, 0) is 29.8 Å². The van der Waals surface area contributed by atoms with Crippen molar-refractivity contribution in [1.82, 2.24) is 19.5 Å². The third-order valence-corrected chi connectivity index (χ3v) is 8.44. The lowest BCUT2D eigenvalue weighted by Gasteiger charge is -2.20. The van der Waals surface area contributed by atoms with Crippen molar-refractivity contribution in [1.29, 1.82) is 0 Å². The summed E-state index contributed by atoms with van der Waals surface area (Å²) >= 11 is 0. The van der Waals surface area contributed by atoms with Crippen molar-refractivity contribution in [2.24, 2.45) is 0 Å². The van der Waals surface area contributed by atoms with Crippen molar-refractivity contribution in [3.8, 4) is 0 Å². The molecule has 0 saturated carbocycles. The maximum atomic E-state index is 12.4. The first kappa shape index (κ1) is 37.4. The van der Waals surface area contributed by atoms with Gasteiger partial charge in [-0.3, -0.25) is 14.3 Å². The van der Waals surface area contributed by atoms with Gasteiger partial charge in [-0.25, -0.2) is 4.98 Å². The number of hydrogen-bond donors (Lipinski definition) is 3. The Kier molecular flexibility index (Phi) is 19.7. The molecule has 2 aromatic rings. The fraction of sp³-hybridized carbons (Fsp3) is 0.833. The number of unbranched alkanes of at least 4 members (excludes halogenated alkanes) is 15. The Hall–Kier alpha value is -1.82. The van der Waals surface area contributed by atoms with E-state index in [0.29, 0.717) is 6.61 Å². The van der Waals surface area contributed by atoms with Gasteiger partial charge in [0.2, 0.25) is 5.95 Å². The van der Waals surface area contributed by atoms with Crippen LogP contribution in [0.25, 0.3) is 11.2 Å². The second-order valence-electron chi connectivity index (χ2n) is 11.3. The summed E-state index contributed by atoms with van der Waals surface area (Å²) in [6.07, 6.45) is 21.5. The predicted octanol–water partition coefficient (Wildman–Crippen LogP) is 6.17. The molecular formula is C30H56N5O7P. The highest BCUT2D eigenvalue weighted by atomic mass is 31.2. The van der Waals surface area contributed by atoms with Crippen LogP contribution >= 0.6 is 7.60 Å². The number of methoxy groups -OCH3 is 1. The number of aromatic nitrogens is 4. The molecule has 0 radical (unpaired) electrons. The Labute approximate surface area is 257 Å². The van der Waals surface area contributed by atoms with Crippen molar-refractivity contribution in [3.63, 3.8) is 0 Å². The fourth-order valence-electron chi connectivity index (χ4n) is 4.99. The highest BCUT2D eigenvalue weighted by Gasteiger charge is 2.23. The van der Waals surface area contributed by atoms with E-state index in [2.05, 4.69) is 21.9 Å². The third kappa shape index (κ3) is 16.7. The van der Waals surface area contributed by atoms with Crippen LogP contribution in [0.2, 0.25) is 0 Å². The monoisotopic (exact) mass is 629 g/mol. The van der Waals surface area contributed by atoms with Crippen molar-refractivity contribution in [2.45, 2.75) is 122 Å². The minimum atomic E-state index is -3.99. The number of aromatic amines is 1. The van der Waals surface area contributed by atoms with E-state index >= 15 is 0 Å². The van der Waals surface area contributed by atoms with Gasteiger partial charge in [-0.05, 0) is 6.42 Å². The lowest BCUT2D eigenvalue weighted by Crippen LogP contribution is -2.26. The molecule has 248 valence electrons. The fourth-order valence-corrected chi connectivity index (χ4v) is 5.83. The highest BCUT2D eigenvalue weighted by molar-refractivity contribution is 7.52. The van der Waals surface area contributed by atoms with Gasteiger partial charge in [0.25, 0.3) is 5.56 Å². The van der Waals surface area contributed by atoms with Gasteiger partial charge >= 0.3 is 7.60 Å². The second-order valence-corrected chi connectivity index (χ2v) is 13.1. The molecule has 0 aliphatic heterocycles. The maximum absolute atomic E-state index is 12.4. The molecule has 0 bridgehead atoms. The summed E-state index contributed by atoms with van der Waals surface area (Å²) in [4.78, 5) is 32.7. The summed E-state index contributed by atoms with van der Waals surface area (Å²) in [7, 11) is -2.50. The van der Waals surface area contributed by atoms with Crippen LogP contribution in [0.4, 0.5) is 5.95 Å². The number of anilines is 1. The van der Waals surface area contributed by atoms with E-state index in [9.17, 15) is 14.3 Å². The molecule has 2 rings (SSSR count). The SMILES string of the molecule is CCCCCCCCCCCCCCCCCCOCCOP(=O)(O)CO[C@H](COC)Cn1cnc2c(=O)[nH]c(N)nc21. The van der Waals surface area contributed by atoms with Crippen LogP contribution in [-0.4, -0.2) is 70.4 Å². The third-order valence-electron chi connectivity index (χ3n) is 7.38. The summed E-state index contributed by atoms with van der Waals surface area (Å²) in [6, 6.07) is 0. The van der Waals surface area contributed by atoms with Crippen LogP contribution in [0.3, 0.4) is 0 Å². The number of fused-ring (bicyclic) bond motifs is 1. The smallest absolute Gasteiger partial charge is 0.353 e. The normalized spacial score (nSPS) is 13.9. The van der Waals surface area contributed by atoms with Gasteiger partial charge in [0, 0.05) is 13.7 Å². The number of nitrogens with two attached hydrogens (primary N) is 1. The summed E-state index contributed by atoms with van der Waals surface area (Å²) in [5, 5.41) is 0. The zero-order chi connectivity index (χ0) is 31.2. The van der Waals surface area contributed by atoms with Gasteiger partial charge in [0.05, 0.1) is 38.8 Å². The molecule has 12 nitrogen and oxygen atoms in total. The predicted molar refractivity (Wildman–Crippen MR) is 170 cm³/mol. The van der Waals surface area contributed by atoms with E-state index in [-0.39, 0.29) is 43.5 Å². The minimum Gasteiger partial charge on any atom is -0.382 e. The number of imidazole rings is 1. The molecule has 0 spiro atoms. The molecule has 0 aliphatic rings. The first-order valence-corrected chi connectivity index (χ1v) is 18.0. The first-order chi connectivity index (χ1) is 20.9. The van der Waals surface area contributed by atoms with E-state index in [4.69, 9.17) is 24.5 Å². The number of nitrogen functional groups attached to an aromatic ring is 1. The molecule has 0 fully saturated rings. The standard InChI is InChI=1S/C30H56N5O7P/c1-3-4-5-6-7-8-9-10-11-12-13-14-15-16-17-18-19-40-20-21-42-43(37,38)25-41-26(23-39-2)22-35-24-32-27-28(35)33-30(31)34-29(27)36/h24,26H,3-23,25H2,1-2H3,(H,37,38)(H3,31,33,34,36)/t26-/m0/s1. The van der Waals surface area contributed by atoms with Gasteiger partial charge in [-0.2, -0.15) is 4.98 Å². The molecule has 0 amide bonds. The minimum absolute atomic E-state index is 0.00305. The molecule has 2 aromatic heterocycles. The van der Waals surface area contributed by atoms with Crippen molar-refractivity contribution in [2.75, 3.05) is 45.6 Å². The topological polar surface area (TPSA) is 164 Å². The molecule has 2 heterocycles. The van der Waals surface area contributed by atoms with Crippen molar-refractivity contribution in [3.05, 3.63) is 16.7 Å². The van der Waals surface area contributed by atoms with Gasteiger partial charge in [0.15, 0.2) is 11.2 Å². The Bertz CT molecular complexity index is 1100. The molecule has 0 saturated heterocycles. The number of H-pyrrole nitrogens is 1. The molecule has 2 atom stereocenters. The molecule has 0 aromatic carbocycles. The van der Waals surface area contributed by atoms with E-state index in [1.54, 1.807) is 4.57 Å². The molecule has 13 heteroatoms. The molecule has 1 unspecified atom stereocenters. The molecular weight excluding hydrogens is 573 g/mol. The molecule has 43 heavy (non-hydrogen) atoms. The Balaban J connectivity index is 1.46. The van der Waals surface area contributed by atoms with E-state index in [1.807, 2.05) is 0 Å². The van der Waals surface area contributed by atoms with E-state index in [1.165, 1.54) is 103 Å². The van der Waals surface area contributed by atoms with E-state index < -0.39 is 25.6 Å². The lowest BCUT2D eigenvalue weighted by atomic mass is 10.0. The van der Waals surface area contributed by atoms with Gasteiger partial charge < -0.3 is 33.9 Å². The van der Waals surface area contributed by atoms with Crippen molar-refractivity contribution >= 4 is 24.7 Å². The number of rotatable bonds is 28. The maximum Gasteiger partial charge on any atom is 0.353 e. The van der Waals surface area contributed by atoms with Crippen LogP contribution < -0.4 is 11.3 Å². The number of ether oxygens (including phenoxy) is 3. The van der Waals surface area contributed by atoms with Crippen LogP contribution in [0.15, 0.2) is 11.1 Å². The summed E-state index contributed by atoms with van der Waals surface area (Å²) in [6.45, 7) is 3.45. The number of hydrogen-bond acceptors (Lipinski definition) is 9. The zero-order valence-corrected chi connectivity index (χ0v) is 27.4. The quantitative estimate of drug-likeness (QED) is 0.0732. The summed E-state index contributed by atoms with van der Waals surface area (Å²) in [5.74, 6) is -0.0336. The zero-order valence-electron chi connectivity index (χ0n) is 26.5. The Morgan fingerprint density at radius 3 is 2.09 bits per heavy atom. The van der Waals surface area contributed by atoms with Gasteiger partial charge in [-0.15, -0.1) is 0 Å². The highest BCUT2D eigenvalue weighted by Crippen LogP contribution is 2.41.